The van der Waals surface area contributed by atoms with Crippen LogP contribution in [0.2, 0.25) is 0 Å². The van der Waals surface area contributed by atoms with Gasteiger partial charge in [-0.25, -0.2) is 4.79 Å². The number of aromatic carboxylic acids is 1. The number of carboxylic acids is 1. The summed E-state index contributed by atoms with van der Waals surface area (Å²) in [6.07, 6.45) is 0. The number of hydrogen-bond donors (Lipinski definition) is 1. The van der Waals surface area contributed by atoms with E-state index < -0.39 is 5.97 Å². The number of fused-ring (bicyclic) bond motifs is 1. The molecule has 0 unspecified atom stereocenters. The Kier molecular flexibility index (Phi) is 3.85. The van der Waals surface area contributed by atoms with Crippen LogP contribution in [0, 0.1) is 6.92 Å². The van der Waals surface area contributed by atoms with Crippen LogP contribution in [0.1, 0.15) is 15.9 Å². The Balaban J connectivity index is 0.00000112. The van der Waals surface area contributed by atoms with Crippen molar-refractivity contribution in [3.63, 3.8) is 0 Å². The van der Waals surface area contributed by atoms with Gasteiger partial charge in [0, 0.05) is 27.3 Å². The van der Waals surface area contributed by atoms with E-state index in [0.29, 0.717) is 5.56 Å². The van der Waals surface area contributed by atoms with Crippen molar-refractivity contribution in [3.05, 3.63) is 47.5 Å². The topological polar surface area (TPSA) is 37.3 Å². The quantitative estimate of drug-likeness (QED) is 0.760. The summed E-state index contributed by atoms with van der Waals surface area (Å²) in [5.74, 6) is -0.879. The van der Waals surface area contributed by atoms with Crippen LogP contribution >= 0.6 is 0 Å². The van der Waals surface area contributed by atoms with E-state index in [1.807, 2.05) is 31.2 Å². The fourth-order valence-electron chi connectivity index (χ4n) is 1.56. The van der Waals surface area contributed by atoms with E-state index in [9.17, 15) is 4.79 Å². The molecule has 0 saturated heterocycles. The monoisotopic (exact) mass is 391 g/mol. The van der Waals surface area contributed by atoms with E-state index in [1.54, 1.807) is 12.1 Å². The zero-order valence-corrected chi connectivity index (χ0v) is 12.9. The summed E-state index contributed by atoms with van der Waals surface area (Å²) in [7, 11) is 0. The zero-order chi connectivity index (χ0) is 10.1. The fourth-order valence-corrected chi connectivity index (χ4v) is 1.56. The van der Waals surface area contributed by atoms with Crippen LogP contribution in [0.3, 0.4) is 0 Å². The number of aryl methyl sites for hydroxylation is 1. The Hall–Kier alpha value is -0.908. The molecule has 0 saturated carbocycles. The van der Waals surface area contributed by atoms with Crippen LogP contribution in [0.5, 0.6) is 0 Å². The molecule has 0 aliphatic carbocycles. The van der Waals surface area contributed by atoms with Gasteiger partial charge in [0.2, 0.25) is 0 Å². The summed E-state index contributed by atoms with van der Waals surface area (Å²) in [5, 5.41) is 10.9. The van der Waals surface area contributed by atoms with Crippen LogP contribution in [0.25, 0.3) is 10.8 Å². The molecule has 0 spiro atoms. The summed E-state index contributed by atoms with van der Waals surface area (Å²) in [5.41, 5.74) is 1.44. The molecule has 73 valence electrons. The minimum absolute atomic E-state index is 0. The van der Waals surface area contributed by atoms with Crippen molar-refractivity contribution in [2.75, 3.05) is 0 Å². The molecule has 2 aromatic carbocycles. The molecule has 0 bridgehead atoms. The average molecular weight is 391 g/mol. The molecule has 2 aromatic rings. The number of benzene rings is 2. The van der Waals surface area contributed by atoms with Crippen molar-refractivity contribution in [2.24, 2.45) is 0 Å². The number of hydrogen-bond acceptors (Lipinski definition) is 1. The van der Waals surface area contributed by atoms with Gasteiger partial charge in [0.05, 0.1) is 5.56 Å². The molecular weight excluding hydrogens is 381 g/mol. The van der Waals surface area contributed by atoms with E-state index in [4.69, 9.17) is 5.11 Å². The summed E-state index contributed by atoms with van der Waals surface area (Å²) >= 11 is 0. The standard InChI is InChI=1S/C12H10O2.Tl/c1-8-3-2-4-9-5-6-10(12(13)14)7-11(8)9;/h2-7H,1H3,(H,13,14);. The van der Waals surface area contributed by atoms with Crippen molar-refractivity contribution < 1.29 is 9.90 Å². The van der Waals surface area contributed by atoms with Crippen molar-refractivity contribution in [1.82, 2.24) is 0 Å². The van der Waals surface area contributed by atoms with Crippen molar-refractivity contribution in [1.29, 1.82) is 0 Å². The molecule has 15 heavy (non-hydrogen) atoms. The normalized spacial score (nSPS) is 9.67. The van der Waals surface area contributed by atoms with Gasteiger partial charge in [0.25, 0.3) is 0 Å². The minimum Gasteiger partial charge on any atom is -0.478 e. The zero-order valence-electron chi connectivity index (χ0n) is 8.40. The minimum atomic E-state index is -0.879. The van der Waals surface area contributed by atoms with Crippen molar-refractivity contribution >= 4 is 44.0 Å². The van der Waals surface area contributed by atoms with E-state index >= 15 is 0 Å². The Morgan fingerprint density at radius 3 is 2.60 bits per heavy atom. The fraction of sp³-hybridized carbons (Fsp3) is 0.0833. The first kappa shape index (κ1) is 12.2. The van der Waals surface area contributed by atoms with E-state index in [0.717, 1.165) is 16.3 Å². The van der Waals surface area contributed by atoms with Gasteiger partial charge in [0.1, 0.15) is 0 Å². The van der Waals surface area contributed by atoms with E-state index in [-0.39, 0.29) is 27.3 Å². The number of rotatable bonds is 1. The third-order valence-electron chi connectivity index (χ3n) is 2.35. The molecule has 3 heteroatoms. The molecular formula is C12H10O2Tl. The maximum absolute atomic E-state index is 10.8. The Bertz CT molecular complexity index is 506. The van der Waals surface area contributed by atoms with Gasteiger partial charge in [-0.05, 0) is 35.4 Å². The van der Waals surface area contributed by atoms with Gasteiger partial charge in [-0.3, -0.25) is 0 Å². The Morgan fingerprint density at radius 2 is 1.93 bits per heavy atom. The molecule has 1 N–H and O–H groups in total. The average Bonchev–Trinajstić information content (AvgIpc) is 2.18. The number of carbonyl (C=O) groups is 1. The van der Waals surface area contributed by atoms with Crippen LogP contribution in [-0.4, -0.2) is 38.4 Å². The van der Waals surface area contributed by atoms with Crippen LogP contribution in [0.15, 0.2) is 36.4 Å². The van der Waals surface area contributed by atoms with Gasteiger partial charge in [-0.2, -0.15) is 0 Å². The Morgan fingerprint density at radius 1 is 1.20 bits per heavy atom. The number of carboxylic acid groups (broad SMARTS) is 1. The van der Waals surface area contributed by atoms with Crippen LogP contribution < -0.4 is 0 Å². The first-order valence-electron chi connectivity index (χ1n) is 4.41. The predicted molar refractivity (Wildman–Crippen MR) is 61.4 cm³/mol. The van der Waals surface area contributed by atoms with E-state index in [2.05, 4.69) is 0 Å². The maximum Gasteiger partial charge on any atom is 0.335 e. The summed E-state index contributed by atoms with van der Waals surface area (Å²) in [4.78, 5) is 10.8. The van der Waals surface area contributed by atoms with Gasteiger partial charge in [0.15, 0.2) is 0 Å². The van der Waals surface area contributed by atoms with Crippen molar-refractivity contribution in [2.45, 2.75) is 6.92 Å². The second kappa shape index (κ2) is 4.74. The van der Waals surface area contributed by atoms with E-state index in [1.165, 1.54) is 0 Å². The van der Waals surface area contributed by atoms with Gasteiger partial charge < -0.3 is 5.11 Å². The SMILES string of the molecule is Cc1cccc2ccc(C(=O)O)cc12.[Tl]. The molecule has 1 radical (unpaired) electrons. The Labute approximate surface area is 108 Å². The molecule has 0 amide bonds. The molecule has 0 heterocycles. The molecule has 0 aliphatic heterocycles. The second-order valence-corrected chi connectivity index (χ2v) is 3.32. The maximum atomic E-state index is 10.8. The van der Waals surface area contributed by atoms with Crippen LogP contribution in [-0.2, 0) is 0 Å². The third-order valence-corrected chi connectivity index (χ3v) is 2.35. The third kappa shape index (κ3) is 2.37. The molecule has 0 aliphatic rings. The van der Waals surface area contributed by atoms with Gasteiger partial charge in [-0.1, -0.05) is 24.3 Å². The van der Waals surface area contributed by atoms with Crippen molar-refractivity contribution in [3.8, 4) is 0 Å². The molecule has 0 aromatic heterocycles. The summed E-state index contributed by atoms with van der Waals surface area (Å²) in [6.45, 7) is 1.98. The molecule has 2 rings (SSSR count). The summed E-state index contributed by atoms with van der Waals surface area (Å²) in [6, 6.07) is 11.1. The predicted octanol–water partition coefficient (Wildman–Crippen LogP) is 2.47. The molecule has 2 nitrogen and oxygen atoms in total. The first-order chi connectivity index (χ1) is 6.68. The van der Waals surface area contributed by atoms with Crippen LogP contribution in [0.4, 0.5) is 0 Å². The second-order valence-electron chi connectivity index (χ2n) is 3.32. The largest absolute Gasteiger partial charge is 0.478 e. The van der Waals surface area contributed by atoms with Gasteiger partial charge >= 0.3 is 5.97 Å². The van der Waals surface area contributed by atoms with Gasteiger partial charge in [-0.15, -0.1) is 0 Å². The molecule has 0 fully saturated rings. The smallest absolute Gasteiger partial charge is 0.335 e. The summed E-state index contributed by atoms with van der Waals surface area (Å²) < 4.78 is 0. The first-order valence-corrected chi connectivity index (χ1v) is 4.41. The molecule has 0 atom stereocenters.